The molecule has 5 nitrogen and oxygen atoms in total. The highest BCUT2D eigenvalue weighted by Crippen LogP contribution is 2.26. The number of halogens is 1. The van der Waals surface area contributed by atoms with Crippen LogP contribution in [0.1, 0.15) is 0 Å². The molecule has 22 heavy (non-hydrogen) atoms. The maximum Gasteiger partial charge on any atom is 0.162 e. The number of hydrogen-bond donors (Lipinski definition) is 0. The molecule has 4 aromatic heterocycles. The van der Waals surface area contributed by atoms with E-state index in [1.54, 1.807) is 41.9 Å². The molecule has 0 spiro atoms. The third-order valence-corrected chi connectivity index (χ3v) is 3.72. The van der Waals surface area contributed by atoms with Crippen LogP contribution in [0.5, 0.6) is 0 Å². The van der Waals surface area contributed by atoms with Gasteiger partial charge in [0.05, 0.1) is 11.2 Å². The maximum absolute atomic E-state index is 6.19. The first-order chi connectivity index (χ1) is 10.8. The smallest absolute Gasteiger partial charge is 0.162 e. The van der Waals surface area contributed by atoms with Gasteiger partial charge in [0.1, 0.15) is 0 Å². The van der Waals surface area contributed by atoms with Gasteiger partial charge in [-0.1, -0.05) is 17.7 Å². The summed E-state index contributed by atoms with van der Waals surface area (Å²) in [5.74, 6) is 0.697. The molecular weight excluding hydrogens is 298 g/mol. The fourth-order valence-corrected chi connectivity index (χ4v) is 2.56. The van der Waals surface area contributed by atoms with Crippen LogP contribution in [0.3, 0.4) is 0 Å². The fraction of sp³-hybridized carbons (Fsp3) is 0. The number of aromatic nitrogens is 5. The fourth-order valence-electron chi connectivity index (χ4n) is 2.34. The van der Waals surface area contributed by atoms with E-state index in [1.807, 2.05) is 24.4 Å². The van der Waals surface area contributed by atoms with E-state index in [9.17, 15) is 0 Å². The van der Waals surface area contributed by atoms with Crippen molar-refractivity contribution in [3.63, 3.8) is 0 Å². The van der Waals surface area contributed by atoms with Crippen LogP contribution >= 0.6 is 11.6 Å². The molecule has 0 saturated carbocycles. The van der Waals surface area contributed by atoms with Gasteiger partial charge in [0.2, 0.25) is 0 Å². The normalized spacial score (nSPS) is 11.0. The molecule has 0 bridgehead atoms. The van der Waals surface area contributed by atoms with Gasteiger partial charge in [-0.2, -0.15) is 5.10 Å². The van der Waals surface area contributed by atoms with Gasteiger partial charge in [0.15, 0.2) is 5.82 Å². The van der Waals surface area contributed by atoms with E-state index in [-0.39, 0.29) is 0 Å². The Labute approximate surface area is 131 Å². The predicted molar refractivity (Wildman–Crippen MR) is 84.9 cm³/mol. The lowest BCUT2D eigenvalue weighted by atomic mass is 10.2. The minimum Gasteiger partial charge on any atom is -0.264 e. The first kappa shape index (κ1) is 12.9. The van der Waals surface area contributed by atoms with Gasteiger partial charge in [0, 0.05) is 59.1 Å². The summed E-state index contributed by atoms with van der Waals surface area (Å²) in [6, 6.07) is 5.75. The Balaban J connectivity index is 1.87. The number of fused-ring (bicyclic) bond motifs is 1. The summed E-state index contributed by atoms with van der Waals surface area (Å²) in [4.78, 5) is 12.7. The number of pyridine rings is 3. The van der Waals surface area contributed by atoms with Crippen molar-refractivity contribution in [3.05, 3.63) is 66.6 Å². The van der Waals surface area contributed by atoms with Gasteiger partial charge in [-0.25, -0.2) is 9.67 Å². The molecule has 0 fully saturated rings. The zero-order chi connectivity index (χ0) is 14.9. The molecule has 0 saturated heterocycles. The highest BCUT2D eigenvalue weighted by molar-refractivity contribution is 6.35. The molecule has 6 heteroatoms. The molecular formula is C16H10ClN5. The standard InChI is InChI=1S/C16H10ClN5/c17-15-9-20-16(14-8-19-5-3-13(14)15)22-10-12(7-21-22)11-2-1-4-18-6-11/h1-10H. The van der Waals surface area contributed by atoms with E-state index in [0.717, 1.165) is 21.9 Å². The molecule has 0 aliphatic rings. The van der Waals surface area contributed by atoms with E-state index >= 15 is 0 Å². The third-order valence-electron chi connectivity index (χ3n) is 3.41. The van der Waals surface area contributed by atoms with Gasteiger partial charge in [0.25, 0.3) is 0 Å². The third kappa shape index (κ3) is 2.12. The Morgan fingerprint density at radius 3 is 2.64 bits per heavy atom. The second kappa shape index (κ2) is 5.20. The molecule has 0 aliphatic heterocycles. The van der Waals surface area contributed by atoms with E-state index in [1.165, 1.54) is 0 Å². The summed E-state index contributed by atoms with van der Waals surface area (Å²) in [7, 11) is 0. The van der Waals surface area contributed by atoms with Gasteiger partial charge < -0.3 is 0 Å². The van der Waals surface area contributed by atoms with E-state index in [2.05, 4.69) is 20.1 Å². The first-order valence-corrected chi connectivity index (χ1v) is 7.04. The van der Waals surface area contributed by atoms with Gasteiger partial charge in [-0.15, -0.1) is 0 Å². The largest absolute Gasteiger partial charge is 0.264 e. The van der Waals surface area contributed by atoms with Crippen molar-refractivity contribution in [2.75, 3.05) is 0 Å². The molecule has 0 N–H and O–H groups in total. The molecule has 0 unspecified atom stereocenters. The summed E-state index contributed by atoms with van der Waals surface area (Å²) in [6.07, 6.45) is 12.3. The second-order valence-corrected chi connectivity index (χ2v) is 5.17. The molecule has 0 amide bonds. The van der Waals surface area contributed by atoms with Crippen molar-refractivity contribution in [3.8, 4) is 16.9 Å². The lowest BCUT2D eigenvalue weighted by Crippen LogP contribution is -1.99. The lowest BCUT2D eigenvalue weighted by Gasteiger charge is -2.06. The quantitative estimate of drug-likeness (QED) is 0.568. The average molecular weight is 308 g/mol. The van der Waals surface area contributed by atoms with Crippen LogP contribution < -0.4 is 0 Å². The highest BCUT2D eigenvalue weighted by atomic mass is 35.5. The average Bonchev–Trinajstić information content (AvgIpc) is 3.06. The zero-order valence-corrected chi connectivity index (χ0v) is 12.1. The van der Waals surface area contributed by atoms with Crippen LogP contribution in [0, 0.1) is 0 Å². The van der Waals surface area contributed by atoms with E-state index in [0.29, 0.717) is 10.8 Å². The Bertz CT molecular complexity index is 949. The molecule has 4 rings (SSSR count). The highest BCUT2D eigenvalue weighted by Gasteiger charge is 2.10. The topological polar surface area (TPSA) is 56.5 Å². The number of rotatable bonds is 2. The first-order valence-electron chi connectivity index (χ1n) is 6.66. The van der Waals surface area contributed by atoms with Crippen molar-refractivity contribution in [2.24, 2.45) is 0 Å². The minimum absolute atomic E-state index is 0.598. The van der Waals surface area contributed by atoms with Crippen molar-refractivity contribution in [1.82, 2.24) is 24.7 Å². The summed E-state index contributed by atoms with van der Waals surface area (Å²) < 4.78 is 1.72. The summed E-state index contributed by atoms with van der Waals surface area (Å²) >= 11 is 6.19. The van der Waals surface area contributed by atoms with E-state index < -0.39 is 0 Å². The molecule has 0 radical (unpaired) electrons. The van der Waals surface area contributed by atoms with Crippen LogP contribution in [0.15, 0.2) is 61.6 Å². The van der Waals surface area contributed by atoms with Crippen LogP contribution in [0.4, 0.5) is 0 Å². The predicted octanol–water partition coefficient (Wildman–Crippen LogP) is 3.53. The number of nitrogens with zero attached hydrogens (tertiary/aromatic N) is 5. The SMILES string of the molecule is Clc1cnc(-n2cc(-c3cccnc3)cn2)c2cnccc12. The van der Waals surface area contributed by atoms with E-state index in [4.69, 9.17) is 11.6 Å². The van der Waals surface area contributed by atoms with Gasteiger partial charge in [-0.3, -0.25) is 9.97 Å². The molecule has 0 aliphatic carbocycles. The number of hydrogen-bond acceptors (Lipinski definition) is 4. The van der Waals surface area contributed by atoms with Crippen LogP contribution in [-0.4, -0.2) is 24.7 Å². The van der Waals surface area contributed by atoms with Crippen molar-refractivity contribution >= 4 is 22.4 Å². The van der Waals surface area contributed by atoms with Crippen molar-refractivity contribution < 1.29 is 0 Å². The van der Waals surface area contributed by atoms with Gasteiger partial charge in [-0.05, 0) is 12.1 Å². The lowest BCUT2D eigenvalue weighted by molar-refractivity contribution is 0.855. The van der Waals surface area contributed by atoms with Crippen LogP contribution in [-0.2, 0) is 0 Å². The monoisotopic (exact) mass is 307 g/mol. The Kier molecular flexibility index (Phi) is 3.05. The molecule has 4 aromatic rings. The summed E-state index contributed by atoms with van der Waals surface area (Å²) in [5, 5.41) is 6.76. The van der Waals surface area contributed by atoms with Crippen LogP contribution in [0.25, 0.3) is 27.7 Å². The van der Waals surface area contributed by atoms with Crippen LogP contribution in [0.2, 0.25) is 5.02 Å². The maximum atomic E-state index is 6.19. The summed E-state index contributed by atoms with van der Waals surface area (Å²) in [6.45, 7) is 0. The molecule has 106 valence electrons. The summed E-state index contributed by atoms with van der Waals surface area (Å²) in [5.41, 5.74) is 1.98. The minimum atomic E-state index is 0.598. The molecule has 0 atom stereocenters. The van der Waals surface area contributed by atoms with Gasteiger partial charge >= 0.3 is 0 Å². The molecule has 4 heterocycles. The Morgan fingerprint density at radius 1 is 0.864 bits per heavy atom. The Morgan fingerprint density at radius 2 is 1.77 bits per heavy atom. The van der Waals surface area contributed by atoms with Crippen molar-refractivity contribution in [2.45, 2.75) is 0 Å². The molecule has 0 aromatic carbocycles. The Hall–Kier alpha value is -2.79. The zero-order valence-electron chi connectivity index (χ0n) is 11.4. The second-order valence-electron chi connectivity index (χ2n) is 4.77. The van der Waals surface area contributed by atoms with Crippen molar-refractivity contribution in [1.29, 1.82) is 0 Å².